The fourth-order valence-corrected chi connectivity index (χ4v) is 2.85. The molecule has 0 saturated carbocycles. The number of nitrogens with zero attached hydrogens (tertiary/aromatic N) is 1. The highest BCUT2D eigenvalue weighted by Crippen LogP contribution is 2.09. The first-order valence-electron chi connectivity index (χ1n) is 7.02. The molecule has 0 atom stereocenters. The van der Waals surface area contributed by atoms with Crippen LogP contribution in [0.1, 0.15) is 24.8 Å². The van der Waals surface area contributed by atoms with E-state index in [1.807, 2.05) is 18.2 Å². The number of benzene rings is 1. The van der Waals surface area contributed by atoms with Gasteiger partial charge in [0.25, 0.3) is 0 Å². The summed E-state index contributed by atoms with van der Waals surface area (Å²) in [6.45, 7) is 1.06. The highest BCUT2D eigenvalue weighted by atomic mass is 32.2. The van der Waals surface area contributed by atoms with Crippen LogP contribution in [0.2, 0.25) is 0 Å². The molecule has 1 aliphatic rings. The molecule has 1 aliphatic heterocycles. The summed E-state index contributed by atoms with van der Waals surface area (Å²) < 4.78 is 30.4. The lowest BCUT2D eigenvalue weighted by atomic mass is 10.1. The zero-order valence-corrected chi connectivity index (χ0v) is 12.6. The minimum atomic E-state index is -3.91. The van der Waals surface area contributed by atoms with Crippen molar-refractivity contribution in [2.45, 2.75) is 25.8 Å². The van der Waals surface area contributed by atoms with Gasteiger partial charge in [0.05, 0.1) is 0 Å². The monoisotopic (exact) mass is 312 g/mol. The summed E-state index contributed by atoms with van der Waals surface area (Å²) in [6.07, 6.45) is 3.04. The normalized spacial score (nSPS) is 15.9. The van der Waals surface area contributed by atoms with Gasteiger partial charge in [-0.15, -0.1) is 0 Å². The number of nitrogens with one attached hydrogen (secondary N) is 1. The molecule has 0 spiro atoms. The van der Waals surface area contributed by atoms with Crippen molar-refractivity contribution in [3.8, 4) is 0 Å². The SMILES string of the molecule is O=C(COS(=O)(=O)NCc1ccccc1)N1CCCCC1. The van der Waals surface area contributed by atoms with Crippen molar-refractivity contribution in [1.82, 2.24) is 9.62 Å². The molecule has 116 valence electrons. The Morgan fingerprint density at radius 1 is 1.14 bits per heavy atom. The van der Waals surface area contributed by atoms with E-state index in [9.17, 15) is 13.2 Å². The Hall–Kier alpha value is -1.44. The molecule has 1 heterocycles. The molecule has 1 saturated heterocycles. The van der Waals surface area contributed by atoms with Crippen molar-refractivity contribution >= 4 is 16.2 Å². The minimum Gasteiger partial charge on any atom is -0.341 e. The van der Waals surface area contributed by atoms with E-state index in [4.69, 9.17) is 4.18 Å². The number of likely N-dealkylation sites (tertiary alicyclic amines) is 1. The number of carbonyl (C=O) groups excluding carboxylic acids is 1. The fourth-order valence-electron chi connectivity index (χ4n) is 2.17. The van der Waals surface area contributed by atoms with Gasteiger partial charge in [-0.2, -0.15) is 13.1 Å². The third-order valence-corrected chi connectivity index (χ3v) is 4.27. The highest BCUT2D eigenvalue weighted by molar-refractivity contribution is 7.84. The Bertz CT molecular complexity index is 554. The predicted octanol–water partition coefficient (Wildman–Crippen LogP) is 1.05. The lowest BCUT2D eigenvalue weighted by Crippen LogP contribution is -2.39. The molecule has 0 bridgehead atoms. The summed E-state index contributed by atoms with van der Waals surface area (Å²) in [7, 11) is -3.91. The van der Waals surface area contributed by atoms with Crippen LogP contribution in [0.3, 0.4) is 0 Å². The summed E-state index contributed by atoms with van der Waals surface area (Å²) in [4.78, 5) is 13.5. The van der Waals surface area contributed by atoms with Gasteiger partial charge < -0.3 is 4.90 Å². The largest absolute Gasteiger partial charge is 0.341 e. The van der Waals surface area contributed by atoms with Crippen molar-refractivity contribution in [2.75, 3.05) is 19.7 Å². The Morgan fingerprint density at radius 2 is 1.81 bits per heavy atom. The summed E-state index contributed by atoms with van der Waals surface area (Å²) in [5.74, 6) is -0.278. The van der Waals surface area contributed by atoms with Crippen molar-refractivity contribution in [3.63, 3.8) is 0 Å². The Morgan fingerprint density at radius 3 is 2.48 bits per heavy atom. The third-order valence-electron chi connectivity index (χ3n) is 3.34. The van der Waals surface area contributed by atoms with Crippen LogP contribution in [-0.4, -0.2) is 38.9 Å². The summed E-state index contributed by atoms with van der Waals surface area (Å²) in [5.41, 5.74) is 0.826. The van der Waals surface area contributed by atoms with Gasteiger partial charge in [-0.3, -0.25) is 4.79 Å². The fraction of sp³-hybridized carbons (Fsp3) is 0.500. The van der Waals surface area contributed by atoms with E-state index < -0.39 is 16.9 Å². The van der Waals surface area contributed by atoms with E-state index in [2.05, 4.69) is 4.72 Å². The van der Waals surface area contributed by atoms with Gasteiger partial charge in [-0.25, -0.2) is 4.18 Å². The molecule has 1 aromatic carbocycles. The molecule has 0 aliphatic carbocycles. The average Bonchev–Trinajstić information content (AvgIpc) is 2.53. The first kappa shape index (κ1) is 15.9. The van der Waals surface area contributed by atoms with Crippen LogP contribution in [0.25, 0.3) is 0 Å². The molecule has 7 heteroatoms. The zero-order chi connectivity index (χ0) is 15.1. The van der Waals surface area contributed by atoms with Crippen LogP contribution in [0, 0.1) is 0 Å². The van der Waals surface area contributed by atoms with Crippen LogP contribution < -0.4 is 4.72 Å². The van der Waals surface area contributed by atoms with Crippen LogP contribution >= 0.6 is 0 Å². The van der Waals surface area contributed by atoms with Crippen molar-refractivity contribution < 1.29 is 17.4 Å². The number of hydrogen-bond donors (Lipinski definition) is 1. The number of piperidine rings is 1. The second-order valence-electron chi connectivity index (χ2n) is 4.96. The summed E-state index contributed by atoms with van der Waals surface area (Å²) in [5, 5.41) is 0. The van der Waals surface area contributed by atoms with Crippen LogP contribution in [-0.2, 0) is 25.8 Å². The van der Waals surface area contributed by atoms with Gasteiger partial charge >= 0.3 is 10.3 Å². The Balaban J connectivity index is 1.77. The lowest BCUT2D eigenvalue weighted by Gasteiger charge is -2.26. The lowest BCUT2D eigenvalue weighted by molar-refractivity contribution is -0.134. The van der Waals surface area contributed by atoms with E-state index in [0.717, 1.165) is 24.8 Å². The minimum absolute atomic E-state index is 0.140. The average molecular weight is 312 g/mol. The third kappa shape index (κ3) is 5.45. The number of rotatable bonds is 6. The maximum absolute atomic E-state index is 11.8. The summed E-state index contributed by atoms with van der Waals surface area (Å²) in [6, 6.07) is 9.11. The van der Waals surface area contributed by atoms with E-state index in [1.54, 1.807) is 17.0 Å². The first-order valence-corrected chi connectivity index (χ1v) is 8.43. The molecule has 1 N–H and O–H groups in total. The van der Waals surface area contributed by atoms with Crippen molar-refractivity contribution in [3.05, 3.63) is 35.9 Å². The van der Waals surface area contributed by atoms with Gasteiger partial charge in [-0.1, -0.05) is 30.3 Å². The van der Waals surface area contributed by atoms with Crippen molar-refractivity contribution in [1.29, 1.82) is 0 Å². The molecule has 0 aromatic heterocycles. The maximum atomic E-state index is 11.8. The molecule has 21 heavy (non-hydrogen) atoms. The number of amides is 1. The standard InChI is InChI=1S/C14H20N2O4S/c17-14(16-9-5-2-6-10-16)12-20-21(18,19)15-11-13-7-3-1-4-8-13/h1,3-4,7-8,15H,2,5-6,9-12H2. The second kappa shape index (κ2) is 7.53. The molecule has 0 radical (unpaired) electrons. The first-order chi connectivity index (χ1) is 10.1. The van der Waals surface area contributed by atoms with Gasteiger partial charge in [0.15, 0.2) is 0 Å². The van der Waals surface area contributed by atoms with Gasteiger partial charge in [-0.05, 0) is 24.8 Å². The zero-order valence-electron chi connectivity index (χ0n) is 11.8. The van der Waals surface area contributed by atoms with E-state index in [1.165, 1.54) is 0 Å². The molecular weight excluding hydrogens is 292 g/mol. The predicted molar refractivity (Wildman–Crippen MR) is 78.6 cm³/mol. The van der Waals surface area contributed by atoms with Gasteiger partial charge in [0.2, 0.25) is 5.91 Å². The maximum Gasteiger partial charge on any atom is 0.336 e. The molecule has 1 amide bonds. The molecule has 1 fully saturated rings. The molecule has 2 rings (SSSR count). The van der Waals surface area contributed by atoms with Crippen molar-refractivity contribution in [2.24, 2.45) is 0 Å². The van der Waals surface area contributed by atoms with Gasteiger partial charge in [0, 0.05) is 19.6 Å². The van der Waals surface area contributed by atoms with Crippen LogP contribution in [0.15, 0.2) is 30.3 Å². The molecule has 1 aromatic rings. The highest BCUT2D eigenvalue weighted by Gasteiger charge is 2.19. The van der Waals surface area contributed by atoms with Crippen LogP contribution in [0.5, 0.6) is 0 Å². The molecular formula is C14H20N2O4S. The number of hydrogen-bond acceptors (Lipinski definition) is 4. The Kier molecular flexibility index (Phi) is 5.72. The number of carbonyl (C=O) groups is 1. The van der Waals surface area contributed by atoms with Gasteiger partial charge in [0.1, 0.15) is 6.61 Å². The van der Waals surface area contributed by atoms with E-state index in [-0.39, 0.29) is 12.5 Å². The van der Waals surface area contributed by atoms with E-state index >= 15 is 0 Å². The topological polar surface area (TPSA) is 75.7 Å². The van der Waals surface area contributed by atoms with E-state index in [0.29, 0.717) is 13.1 Å². The quantitative estimate of drug-likeness (QED) is 0.852. The smallest absolute Gasteiger partial charge is 0.336 e. The molecule has 0 unspecified atom stereocenters. The summed E-state index contributed by atoms with van der Waals surface area (Å²) >= 11 is 0. The Labute approximate surface area is 125 Å². The molecule has 6 nitrogen and oxygen atoms in total. The van der Waals surface area contributed by atoms with Crippen LogP contribution in [0.4, 0.5) is 0 Å². The second-order valence-corrected chi connectivity index (χ2v) is 6.40.